The molecule has 0 spiro atoms. The standard InChI is InChI=1S/C50H26N4O2S4/c1-49(2)37-17-32-38(18-31(37)45-41(49)35-15-25(57-47(35)59-45)13-33-39(23(19-51)20-52)27-9-5-7-11-29(27)43(33)55)50(3,4)42-36-16-26(58-48(36)60-46(32)42)14-34-40(24(21-53)22-54)28-10-6-8-12-30(28)44(34)56/h5-18H,1-4H3/b33-13-,34-14-. The third kappa shape index (κ3) is 4.62. The number of allylic oxidation sites excluding steroid dienone is 6. The lowest BCUT2D eigenvalue weighted by Crippen LogP contribution is -2.17. The Morgan fingerprint density at radius 2 is 0.883 bits per heavy atom. The fourth-order valence-corrected chi connectivity index (χ4v) is 15.3. The van der Waals surface area contributed by atoms with Gasteiger partial charge in [-0.1, -0.05) is 76.2 Å². The van der Waals surface area contributed by atoms with Crippen LogP contribution < -0.4 is 0 Å². The van der Waals surface area contributed by atoms with Crippen LogP contribution in [-0.4, -0.2) is 11.6 Å². The summed E-state index contributed by atoms with van der Waals surface area (Å²) in [6.07, 6.45) is 3.70. The summed E-state index contributed by atoms with van der Waals surface area (Å²) >= 11 is 6.82. The molecule has 0 amide bonds. The fourth-order valence-electron chi connectivity index (χ4n) is 9.84. The first-order chi connectivity index (χ1) is 28.9. The summed E-state index contributed by atoms with van der Waals surface area (Å²) in [4.78, 5) is 31.7. The van der Waals surface area contributed by atoms with Crippen LogP contribution in [0.3, 0.4) is 0 Å². The maximum Gasteiger partial charge on any atom is 0.194 e. The maximum atomic E-state index is 13.7. The Kier molecular flexibility index (Phi) is 7.50. The molecule has 0 N–H and O–H groups in total. The summed E-state index contributed by atoms with van der Waals surface area (Å²) in [5.41, 5.74) is 10.7. The number of fused-ring (bicyclic) bond motifs is 12. The molecule has 0 unspecified atom stereocenters. The molecule has 4 aliphatic rings. The third-order valence-electron chi connectivity index (χ3n) is 12.5. The number of Topliss-reactive ketones (excluding diaryl/α,β-unsaturated/α-hetero) is 2. The quantitative estimate of drug-likeness (QED) is 0.126. The van der Waals surface area contributed by atoms with Gasteiger partial charge in [-0.25, -0.2) is 0 Å². The Balaban J connectivity index is 0.989. The summed E-state index contributed by atoms with van der Waals surface area (Å²) in [7, 11) is 0. The van der Waals surface area contributed by atoms with Crippen LogP contribution in [0, 0.1) is 45.3 Å². The summed E-state index contributed by atoms with van der Waals surface area (Å²) in [6, 6.07) is 31.5. The number of benzene rings is 3. The lowest BCUT2D eigenvalue weighted by atomic mass is 9.78. The number of hydrogen-bond acceptors (Lipinski definition) is 10. The monoisotopic (exact) mass is 842 g/mol. The van der Waals surface area contributed by atoms with Crippen LogP contribution in [0.15, 0.2) is 95.1 Å². The number of nitriles is 4. The van der Waals surface area contributed by atoms with E-state index in [9.17, 15) is 30.6 Å². The fraction of sp³-hybridized carbons (Fsp3) is 0.120. The summed E-state index contributed by atoms with van der Waals surface area (Å²) < 4.78 is 2.33. The Labute approximate surface area is 360 Å². The molecule has 0 saturated heterocycles. The van der Waals surface area contributed by atoms with Crippen molar-refractivity contribution in [3.8, 4) is 45.2 Å². The van der Waals surface area contributed by atoms with Gasteiger partial charge < -0.3 is 0 Å². The van der Waals surface area contributed by atoms with Crippen molar-refractivity contribution in [3.05, 3.63) is 149 Å². The lowest BCUT2D eigenvalue weighted by Gasteiger charge is -2.24. The van der Waals surface area contributed by atoms with Crippen molar-refractivity contribution in [2.45, 2.75) is 38.5 Å². The highest BCUT2D eigenvalue weighted by molar-refractivity contribution is 7.41. The van der Waals surface area contributed by atoms with E-state index >= 15 is 0 Å². The molecule has 11 rings (SSSR count). The van der Waals surface area contributed by atoms with E-state index in [1.807, 2.05) is 48.6 Å². The Morgan fingerprint density at radius 1 is 0.517 bits per heavy atom. The molecule has 0 atom stereocenters. The van der Waals surface area contributed by atoms with Gasteiger partial charge in [0, 0.05) is 74.5 Å². The molecule has 60 heavy (non-hydrogen) atoms. The number of hydrogen-bond donors (Lipinski definition) is 0. The molecule has 0 fully saturated rings. The molecule has 0 aliphatic heterocycles. The Bertz CT molecular complexity index is 3310. The first kappa shape index (κ1) is 36.3. The minimum Gasteiger partial charge on any atom is -0.289 e. The van der Waals surface area contributed by atoms with E-state index in [0.29, 0.717) is 44.5 Å². The number of carbonyl (C=O) groups excluding carboxylic acids is 2. The molecule has 0 bridgehead atoms. The van der Waals surface area contributed by atoms with E-state index < -0.39 is 0 Å². The molecular formula is C50H26N4O2S4. The van der Waals surface area contributed by atoms with E-state index in [0.717, 1.165) is 9.75 Å². The van der Waals surface area contributed by atoms with Gasteiger partial charge in [0.2, 0.25) is 0 Å². The predicted molar refractivity (Wildman–Crippen MR) is 242 cm³/mol. The van der Waals surface area contributed by atoms with Crippen molar-refractivity contribution in [1.29, 1.82) is 21.0 Å². The van der Waals surface area contributed by atoms with Gasteiger partial charge >= 0.3 is 0 Å². The summed E-state index contributed by atoms with van der Waals surface area (Å²) in [5.74, 6) is -0.357. The van der Waals surface area contributed by atoms with Crippen LogP contribution in [-0.2, 0) is 10.8 Å². The van der Waals surface area contributed by atoms with Gasteiger partial charge in [0.05, 0.1) is 8.03 Å². The largest absolute Gasteiger partial charge is 0.289 e. The van der Waals surface area contributed by atoms with Crippen molar-refractivity contribution in [1.82, 2.24) is 0 Å². The van der Waals surface area contributed by atoms with Crippen LogP contribution in [0.4, 0.5) is 0 Å². The van der Waals surface area contributed by atoms with Crippen molar-refractivity contribution < 1.29 is 9.59 Å². The minimum absolute atomic E-state index is 0.0667. The van der Waals surface area contributed by atoms with Crippen LogP contribution >= 0.6 is 45.3 Å². The predicted octanol–water partition coefficient (Wildman–Crippen LogP) is 13.0. The second-order valence-corrected chi connectivity index (χ2v) is 21.0. The molecule has 4 heterocycles. The summed E-state index contributed by atoms with van der Waals surface area (Å²) in [6.45, 7) is 9.16. The minimum atomic E-state index is -0.300. The highest BCUT2D eigenvalue weighted by atomic mass is 32.2. The van der Waals surface area contributed by atoms with Gasteiger partial charge in [-0.2, -0.15) is 21.0 Å². The summed E-state index contributed by atoms with van der Waals surface area (Å²) in [5, 5.41) is 41.6. The lowest BCUT2D eigenvalue weighted by molar-refractivity contribution is 0.103. The van der Waals surface area contributed by atoms with Crippen molar-refractivity contribution >= 4 is 99.0 Å². The van der Waals surface area contributed by atoms with Gasteiger partial charge in [-0.15, -0.1) is 45.3 Å². The van der Waals surface area contributed by atoms with Gasteiger partial charge in [-0.3, -0.25) is 9.59 Å². The normalized spacial score (nSPS) is 17.3. The maximum absolute atomic E-state index is 13.7. The molecule has 7 aromatic rings. The number of nitrogens with zero attached hydrogens (tertiary/aromatic N) is 4. The second-order valence-electron chi connectivity index (χ2n) is 16.3. The molecular weight excluding hydrogens is 817 g/mol. The zero-order valence-corrected chi connectivity index (χ0v) is 35.6. The molecule has 0 radical (unpaired) electrons. The SMILES string of the molecule is CC1(C)c2cc3c(cc2-c2sc4sc(/C=C5\C(=O)c6ccccc6C5=C(C#N)C#N)cc4c21)C(C)(C)c1c-3sc2sc(/C=C3\C(=O)c4ccccc4C3=C(C#N)C#N)cc12. The van der Waals surface area contributed by atoms with Crippen LogP contribution in [0.1, 0.15) is 91.5 Å². The van der Waals surface area contributed by atoms with E-state index in [1.54, 1.807) is 81.7 Å². The average Bonchev–Trinajstić information content (AvgIpc) is 4.11. The Morgan fingerprint density at radius 3 is 1.25 bits per heavy atom. The molecule has 3 aromatic carbocycles. The smallest absolute Gasteiger partial charge is 0.194 e. The molecule has 0 saturated carbocycles. The van der Waals surface area contributed by atoms with E-state index in [1.165, 1.54) is 61.9 Å². The van der Waals surface area contributed by atoms with Gasteiger partial charge in [0.25, 0.3) is 0 Å². The van der Waals surface area contributed by atoms with Gasteiger partial charge in [0.1, 0.15) is 35.4 Å². The van der Waals surface area contributed by atoms with Gasteiger partial charge in [0.15, 0.2) is 11.6 Å². The molecule has 10 heteroatoms. The molecule has 6 nitrogen and oxygen atoms in total. The Hall–Kier alpha value is -6.76. The molecule has 4 aromatic heterocycles. The van der Waals surface area contributed by atoms with Crippen LogP contribution in [0.2, 0.25) is 0 Å². The number of thiophene rings is 4. The first-order valence-corrected chi connectivity index (χ1v) is 22.3. The van der Waals surface area contributed by atoms with Crippen molar-refractivity contribution in [2.75, 3.05) is 0 Å². The van der Waals surface area contributed by atoms with E-state index in [4.69, 9.17) is 0 Å². The second kappa shape index (κ2) is 12.4. The highest BCUT2D eigenvalue weighted by Crippen LogP contribution is 2.63. The van der Waals surface area contributed by atoms with Crippen LogP contribution in [0.25, 0.3) is 63.0 Å². The van der Waals surface area contributed by atoms with Crippen molar-refractivity contribution in [2.24, 2.45) is 0 Å². The van der Waals surface area contributed by atoms with Crippen LogP contribution in [0.5, 0.6) is 0 Å². The molecule has 282 valence electrons. The number of ketones is 2. The topological polar surface area (TPSA) is 129 Å². The van der Waals surface area contributed by atoms with E-state index in [-0.39, 0.29) is 33.5 Å². The highest BCUT2D eigenvalue weighted by Gasteiger charge is 2.45. The number of rotatable bonds is 2. The zero-order chi connectivity index (χ0) is 41.6. The third-order valence-corrected chi connectivity index (χ3v) is 17.3. The van der Waals surface area contributed by atoms with Crippen molar-refractivity contribution in [3.63, 3.8) is 0 Å². The van der Waals surface area contributed by atoms with Gasteiger partial charge in [-0.05, 0) is 80.9 Å². The average molecular weight is 843 g/mol. The zero-order valence-electron chi connectivity index (χ0n) is 32.3. The molecule has 4 aliphatic carbocycles. The first-order valence-electron chi connectivity index (χ1n) is 19.1. The van der Waals surface area contributed by atoms with E-state index in [2.05, 4.69) is 52.0 Å². The number of carbonyl (C=O) groups is 2.